The summed E-state index contributed by atoms with van der Waals surface area (Å²) in [4.78, 5) is 31.4. The maximum Gasteiger partial charge on any atom is 0.308 e. The summed E-state index contributed by atoms with van der Waals surface area (Å²) in [5.74, 6) is 5.27. The van der Waals surface area contributed by atoms with Crippen molar-refractivity contribution in [1.82, 2.24) is 14.8 Å². The molecule has 2 aromatic heterocycles. The maximum absolute atomic E-state index is 13.4. The van der Waals surface area contributed by atoms with Crippen molar-refractivity contribution in [2.75, 3.05) is 4.90 Å². The van der Waals surface area contributed by atoms with Crippen LogP contribution in [0.1, 0.15) is 68.9 Å². The summed E-state index contributed by atoms with van der Waals surface area (Å²) in [6.45, 7) is 3.65. The van der Waals surface area contributed by atoms with E-state index in [-0.39, 0.29) is 17.9 Å². The molecule has 2 heterocycles. The Morgan fingerprint density at radius 1 is 1.16 bits per heavy atom. The van der Waals surface area contributed by atoms with Crippen LogP contribution in [0.2, 0.25) is 0 Å². The lowest BCUT2D eigenvalue weighted by atomic mass is 10.0. The number of carbonyl (C=O) groups is 2. The monoisotopic (exact) mass is 578 g/mol. The molecule has 0 saturated heterocycles. The van der Waals surface area contributed by atoms with E-state index in [1.54, 1.807) is 16.5 Å². The van der Waals surface area contributed by atoms with Gasteiger partial charge in [-0.15, -0.1) is 5.10 Å². The first kappa shape index (κ1) is 26.2. The number of amides is 1. The van der Waals surface area contributed by atoms with Gasteiger partial charge in [0.1, 0.15) is 11.9 Å². The molecule has 2 fully saturated rings. The van der Waals surface area contributed by atoms with Gasteiger partial charge in [-0.1, -0.05) is 21.9 Å². The van der Waals surface area contributed by atoms with Gasteiger partial charge in [0.2, 0.25) is 0 Å². The lowest BCUT2D eigenvalue weighted by molar-refractivity contribution is -0.142. The third-order valence-electron chi connectivity index (χ3n) is 7.42. The van der Waals surface area contributed by atoms with Crippen LogP contribution in [0.5, 0.6) is 5.88 Å². The predicted octanol–water partition coefficient (Wildman–Crippen LogP) is 6.02. The second-order valence-electron chi connectivity index (χ2n) is 10.2. The van der Waals surface area contributed by atoms with Gasteiger partial charge in [-0.2, -0.15) is 0 Å². The van der Waals surface area contributed by atoms with Crippen LogP contribution in [0.4, 0.5) is 11.5 Å². The molecule has 2 saturated carbocycles. The standard InChI is InChI=1S/C29H31BrN4O4/c1-4-6-26(35)34(24-15-17(2)22(30)16-21(24)18-9-10-18)25-14-13-23-27(31-25)28(32-33(23)3)38-20-8-5-7-19(11-12-20)29(36)37/h13-16,18-20H,5,7-12H2,1-3H3,(H,36,37)/t19-,20-/m0/s1. The molecule has 198 valence electrons. The molecule has 0 spiro atoms. The van der Waals surface area contributed by atoms with Gasteiger partial charge in [0.05, 0.1) is 17.1 Å². The molecular weight excluding hydrogens is 548 g/mol. The molecule has 0 unspecified atom stereocenters. The fraction of sp³-hybridized carbons (Fsp3) is 0.448. The average molecular weight is 579 g/mol. The topological polar surface area (TPSA) is 97.6 Å². The van der Waals surface area contributed by atoms with Crippen molar-refractivity contribution in [2.24, 2.45) is 13.0 Å². The Labute approximate surface area is 230 Å². The normalized spacial score (nSPS) is 19.4. The van der Waals surface area contributed by atoms with Crippen LogP contribution in [0.25, 0.3) is 11.0 Å². The lowest BCUT2D eigenvalue weighted by Crippen LogP contribution is -2.26. The first-order valence-corrected chi connectivity index (χ1v) is 13.9. The second kappa shape index (κ2) is 10.8. The number of carboxylic acid groups (broad SMARTS) is 1. The molecule has 0 aliphatic heterocycles. The second-order valence-corrected chi connectivity index (χ2v) is 11.1. The van der Waals surface area contributed by atoms with E-state index in [2.05, 4.69) is 38.9 Å². The molecule has 1 N–H and O–H groups in total. The SMILES string of the molecule is CC#CC(=O)N(c1ccc2c(n1)c(O[C@H]1CCC[C@H](C(=O)O)CC1)nn2C)c1cc(C)c(Br)cc1C1CC1. The predicted molar refractivity (Wildman–Crippen MR) is 149 cm³/mol. The Bertz CT molecular complexity index is 1470. The van der Waals surface area contributed by atoms with E-state index >= 15 is 0 Å². The highest BCUT2D eigenvalue weighted by atomic mass is 79.9. The Kier molecular flexibility index (Phi) is 7.44. The lowest BCUT2D eigenvalue weighted by Gasteiger charge is -2.24. The van der Waals surface area contributed by atoms with Gasteiger partial charge in [0.15, 0.2) is 5.52 Å². The Balaban J connectivity index is 1.55. The zero-order valence-electron chi connectivity index (χ0n) is 21.8. The number of hydrogen-bond donors (Lipinski definition) is 1. The number of fused-ring (bicyclic) bond motifs is 1. The van der Waals surface area contributed by atoms with Gasteiger partial charge in [0.25, 0.3) is 5.88 Å². The minimum absolute atomic E-state index is 0.137. The molecule has 1 aromatic carbocycles. The molecule has 5 rings (SSSR count). The number of nitrogens with zero attached hydrogens (tertiary/aromatic N) is 4. The molecule has 2 aliphatic rings. The van der Waals surface area contributed by atoms with Crippen molar-refractivity contribution in [1.29, 1.82) is 0 Å². The summed E-state index contributed by atoms with van der Waals surface area (Å²) in [7, 11) is 1.83. The molecule has 8 nitrogen and oxygen atoms in total. The van der Waals surface area contributed by atoms with Crippen molar-refractivity contribution in [2.45, 2.75) is 70.8 Å². The molecule has 9 heteroatoms. The summed E-state index contributed by atoms with van der Waals surface area (Å²) >= 11 is 3.65. The summed E-state index contributed by atoms with van der Waals surface area (Å²) < 4.78 is 9.06. The van der Waals surface area contributed by atoms with E-state index in [1.807, 2.05) is 32.2 Å². The highest BCUT2D eigenvalue weighted by Crippen LogP contribution is 2.47. The molecule has 0 radical (unpaired) electrons. The van der Waals surface area contributed by atoms with E-state index in [0.29, 0.717) is 42.4 Å². The number of ether oxygens (including phenoxy) is 1. The van der Waals surface area contributed by atoms with Gasteiger partial charge in [-0.05, 0) is 106 Å². The van der Waals surface area contributed by atoms with Gasteiger partial charge in [-0.25, -0.2) is 4.98 Å². The van der Waals surface area contributed by atoms with Crippen molar-refractivity contribution in [3.63, 3.8) is 0 Å². The number of aryl methyl sites for hydroxylation is 2. The number of carboxylic acids is 1. The summed E-state index contributed by atoms with van der Waals surface area (Å²) in [6.07, 6.45) is 5.47. The number of aliphatic carboxylic acids is 1. The minimum Gasteiger partial charge on any atom is -0.481 e. The summed E-state index contributed by atoms with van der Waals surface area (Å²) in [5.41, 5.74) is 4.26. The zero-order valence-corrected chi connectivity index (χ0v) is 23.4. The number of hydrogen-bond acceptors (Lipinski definition) is 5. The summed E-state index contributed by atoms with van der Waals surface area (Å²) in [6, 6.07) is 7.84. The molecule has 38 heavy (non-hydrogen) atoms. The van der Waals surface area contributed by atoms with Gasteiger partial charge in [0, 0.05) is 11.5 Å². The smallest absolute Gasteiger partial charge is 0.308 e. The quantitative estimate of drug-likeness (QED) is 0.284. The van der Waals surface area contributed by atoms with Gasteiger partial charge < -0.3 is 9.84 Å². The number of benzene rings is 1. The van der Waals surface area contributed by atoms with Gasteiger partial charge >= 0.3 is 11.9 Å². The zero-order chi connectivity index (χ0) is 27.0. The highest BCUT2D eigenvalue weighted by Gasteiger charge is 2.32. The summed E-state index contributed by atoms with van der Waals surface area (Å²) in [5, 5.41) is 14.0. The third-order valence-corrected chi connectivity index (χ3v) is 8.28. The van der Waals surface area contributed by atoms with E-state index < -0.39 is 5.97 Å². The van der Waals surface area contributed by atoms with Crippen LogP contribution in [0.3, 0.4) is 0 Å². The molecule has 2 atom stereocenters. The number of rotatable bonds is 6. The van der Waals surface area contributed by atoms with Crippen LogP contribution < -0.4 is 9.64 Å². The molecular formula is C29H31BrN4O4. The first-order chi connectivity index (χ1) is 18.3. The number of anilines is 2. The largest absolute Gasteiger partial charge is 0.481 e. The van der Waals surface area contributed by atoms with Crippen molar-refractivity contribution >= 4 is 50.3 Å². The van der Waals surface area contributed by atoms with Crippen molar-refractivity contribution in [3.05, 3.63) is 39.9 Å². The van der Waals surface area contributed by atoms with E-state index in [1.165, 1.54) is 0 Å². The van der Waals surface area contributed by atoms with Crippen LogP contribution in [-0.2, 0) is 16.6 Å². The fourth-order valence-corrected chi connectivity index (χ4v) is 5.55. The molecule has 3 aromatic rings. The number of pyridine rings is 1. The number of halogens is 1. The number of aromatic nitrogens is 3. The third kappa shape index (κ3) is 5.28. The molecule has 0 bridgehead atoms. The van der Waals surface area contributed by atoms with Crippen molar-refractivity contribution in [3.8, 4) is 17.7 Å². The van der Waals surface area contributed by atoms with Crippen LogP contribution in [-0.4, -0.2) is 37.9 Å². The van der Waals surface area contributed by atoms with Crippen LogP contribution >= 0.6 is 15.9 Å². The van der Waals surface area contributed by atoms with Gasteiger partial charge in [-0.3, -0.25) is 19.2 Å². The highest BCUT2D eigenvalue weighted by molar-refractivity contribution is 9.10. The minimum atomic E-state index is -0.742. The van der Waals surface area contributed by atoms with E-state index in [9.17, 15) is 14.7 Å². The molecule has 2 aliphatic carbocycles. The molecule has 1 amide bonds. The van der Waals surface area contributed by atoms with Crippen LogP contribution in [0.15, 0.2) is 28.7 Å². The Morgan fingerprint density at radius 3 is 2.66 bits per heavy atom. The van der Waals surface area contributed by atoms with E-state index in [4.69, 9.17) is 9.72 Å². The fourth-order valence-electron chi connectivity index (χ4n) is 5.19. The average Bonchev–Trinajstić information content (AvgIpc) is 3.70. The van der Waals surface area contributed by atoms with Crippen molar-refractivity contribution < 1.29 is 19.4 Å². The Hall–Kier alpha value is -3.38. The first-order valence-electron chi connectivity index (χ1n) is 13.1. The van der Waals surface area contributed by atoms with E-state index in [0.717, 1.165) is 52.5 Å². The number of carbonyl (C=O) groups excluding carboxylic acids is 1. The Morgan fingerprint density at radius 2 is 1.95 bits per heavy atom. The maximum atomic E-state index is 13.4. The van der Waals surface area contributed by atoms with Crippen LogP contribution in [0, 0.1) is 24.7 Å².